The zero-order valence-electron chi connectivity index (χ0n) is 22.2. The van der Waals surface area contributed by atoms with Crippen LogP contribution in [0.3, 0.4) is 0 Å². The summed E-state index contributed by atoms with van der Waals surface area (Å²) in [6.45, 7) is 1.80. The Morgan fingerprint density at radius 2 is 1.71 bits per heavy atom. The number of aromatic nitrogens is 1. The number of nitrogens with zero attached hydrogens (tertiary/aromatic N) is 2. The monoisotopic (exact) mass is 579 g/mol. The van der Waals surface area contributed by atoms with Gasteiger partial charge in [-0.05, 0) is 61.0 Å². The SMILES string of the molecule is COc1ccc(C2C(C(=O)Nc3ccccc3)=C(C)N=c3sc(=Cc4ccc(Sc5ccccc5)o4)c(=O)n32)cc1. The van der Waals surface area contributed by atoms with Crippen LogP contribution in [0.5, 0.6) is 5.75 Å². The van der Waals surface area contributed by atoms with Gasteiger partial charge < -0.3 is 14.5 Å². The van der Waals surface area contributed by atoms with Crippen LogP contribution in [0.1, 0.15) is 24.3 Å². The second-order valence-corrected chi connectivity index (χ2v) is 11.3. The van der Waals surface area contributed by atoms with Gasteiger partial charge in [-0.3, -0.25) is 14.2 Å². The predicted octanol–water partition coefficient (Wildman–Crippen LogP) is 5.63. The van der Waals surface area contributed by atoms with Crippen LogP contribution in [0.2, 0.25) is 0 Å². The predicted molar refractivity (Wildman–Crippen MR) is 161 cm³/mol. The van der Waals surface area contributed by atoms with E-state index < -0.39 is 6.04 Å². The Labute approximate surface area is 244 Å². The topological polar surface area (TPSA) is 85.8 Å². The number of thiazole rings is 1. The van der Waals surface area contributed by atoms with Gasteiger partial charge in [0, 0.05) is 16.7 Å². The minimum atomic E-state index is -0.677. The van der Waals surface area contributed by atoms with Crippen LogP contribution in [0, 0.1) is 0 Å². The maximum absolute atomic E-state index is 13.9. The summed E-state index contributed by atoms with van der Waals surface area (Å²) in [4.78, 5) is 33.9. The number of hydrogen-bond donors (Lipinski definition) is 1. The summed E-state index contributed by atoms with van der Waals surface area (Å²) >= 11 is 2.78. The smallest absolute Gasteiger partial charge is 0.271 e. The molecule has 0 spiro atoms. The number of carbonyl (C=O) groups excluding carboxylic acids is 1. The summed E-state index contributed by atoms with van der Waals surface area (Å²) in [7, 11) is 1.60. The first-order valence-corrected chi connectivity index (χ1v) is 14.5. The van der Waals surface area contributed by atoms with Crippen molar-refractivity contribution in [2.45, 2.75) is 23.0 Å². The first kappa shape index (κ1) is 26.6. The van der Waals surface area contributed by atoms with Gasteiger partial charge in [-0.25, -0.2) is 4.99 Å². The third kappa shape index (κ3) is 5.54. The highest BCUT2D eigenvalue weighted by Crippen LogP contribution is 2.32. The molecule has 1 aliphatic rings. The lowest BCUT2D eigenvalue weighted by molar-refractivity contribution is -0.113. The van der Waals surface area contributed by atoms with Crippen LogP contribution in [0.15, 0.2) is 133 Å². The molecule has 3 aromatic carbocycles. The van der Waals surface area contributed by atoms with Gasteiger partial charge in [-0.2, -0.15) is 0 Å². The molecule has 204 valence electrons. The number of hydrogen-bond acceptors (Lipinski definition) is 7. The third-order valence-electron chi connectivity index (χ3n) is 6.57. The minimum Gasteiger partial charge on any atom is -0.497 e. The Morgan fingerprint density at radius 3 is 2.41 bits per heavy atom. The molecule has 0 aliphatic carbocycles. The molecule has 41 heavy (non-hydrogen) atoms. The average Bonchev–Trinajstić information content (AvgIpc) is 3.56. The quantitative estimate of drug-likeness (QED) is 0.270. The summed E-state index contributed by atoms with van der Waals surface area (Å²) in [5.74, 6) is 0.924. The molecule has 1 unspecified atom stereocenters. The van der Waals surface area contributed by atoms with Gasteiger partial charge in [0.25, 0.3) is 11.5 Å². The lowest BCUT2D eigenvalue weighted by Crippen LogP contribution is -2.40. The van der Waals surface area contributed by atoms with E-state index in [1.807, 2.05) is 97.1 Å². The number of amides is 1. The van der Waals surface area contributed by atoms with Crippen molar-refractivity contribution >= 4 is 40.8 Å². The molecule has 9 heteroatoms. The normalized spacial score (nSPS) is 14.9. The van der Waals surface area contributed by atoms with Crippen LogP contribution in [-0.4, -0.2) is 17.6 Å². The second kappa shape index (κ2) is 11.5. The highest BCUT2D eigenvalue weighted by molar-refractivity contribution is 7.99. The number of anilines is 1. The second-order valence-electron chi connectivity index (χ2n) is 9.25. The van der Waals surface area contributed by atoms with E-state index >= 15 is 0 Å². The fraction of sp³-hybridized carbons (Fsp3) is 0.0938. The van der Waals surface area contributed by atoms with Crippen molar-refractivity contribution in [2.24, 2.45) is 4.99 Å². The van der Waals surface area contributed by atoms with E-state index in [-0.39, 0.29) is 11.5 Å². The Hall–Kier alpha value is -4.60. The maximum atomic E-state index is 13.9. The number of nitrogens with one attached hydrogen (secondary N) is 1. The van der Waals surface area contributed by atoms with E-state index in [0.29, 0.717) is 37.8 Å². The lowest BCUT2D eigenvalue weighted by atomic mass is 9.95. The van der Waals surface area contributed by atoms with Gasteiger partial charge in [-0.1, -0.05) is 71.6 Å². The molecule has 5 aromatic rings. The van der Waals surface area contributed by atoms with Crippen molar-refractivity contribution in [3.8, 4) is 5.75 Å². The summed E-state index contributed by atoms with van der Waals surface area (Å²) in [5.41, 5.74) is 2.13. The van der Waals surface area contributed by atoms with Gasteiger partial charge in [0.1, 0.15) is 11.5 Å². The molecule has 1 aliphatic heterocycles. The Kier molecular flexibility index (Phi) is 7.45. The van der Waals surface area contributed by atoms with Crippen LogP contribution in [-0.2, 0) is 4.79 Å². The zero-order valence-corrected chi connectivity index (χ0v) is 23.9. The van der Waals surface area contributed by atoms with Gasteiger partial charge in [-0.15, -0.1) is 0 Å². The van der Waals surface area contributed by atoms with Gasteiger partial charge in [0.15, 0.2) is 9.89 Å². The summed E-state index contributed by atoms with van der Waals surface area (Å²) < 4.78 is 13.4. The number of benzene rings is 3. The number of rotatable bonds is 7. The van der Waals surface area contributed by atoms with E-state index in [1.54, 1.807) is 24.7 Å². The fourth-order valence-electron chi connectivity index (χ4n) is 4.63. The summed E-state index contributed by atoms with van der Waals surface area (Å²) in [5, 5.41) is 3.69. The van der Waals surface area contributed by atoms with Crippen LogP contribution in [0.25, 0.3) is 6.08 Å². The number of ether oxygens (including phenoxy) is 1. The number of para-hydroxylation sites is 1. The molecule has 0 saturated heterocycles. The van der Waals surface area contributed by atoms with Crippen molar-refractivity contribution in [3.05, 3.63) is 139 Å². The van der Waals surface area contributed by atoms with Crippen molar-refractivity contribution in [2.75, 3.05) is 12.4 Å². The van der Waals surface area contributed by atoms with Gasteiger partial charge in [0.05, 0.1) is 29.0 Å². The lowest BCUT2D eigenvalue weighted by Gasteiger charge is -2.25. The molecule has 3 heterocycles. The van der Waals surface area contributed by atoms with E-state index in [2.05, 4.69) is 5.32 Å². The molecular weight excluding hydrogens is 555 g/mol. The number of methoxy groups -OCH3 is 1. The molecule has 1 N–H and O–H groups in total. The average molecular weight is 580 g/mol. The van der Waals surface area contributed by atoms with E-state index in [1.165, 1.54) is 23.1 Å². The molecule has 7 nitrogen and oxygen atoms in total. The van der Waals surface area contributed by atoms with Crippen molar-refractivity contribution < 1.29 is 13.9 Å². The standard InChI is InChI=1S/C32H25N3O4S2/c1-20-28(30(36)34-22-9-5-3-6-10-22)29(21-13-15-23(38-2)16-14-21)35-31(37)26(41-32(35)33-20)19-24-17-18-27(39-24)40-25-11-7-4-8-12-25/h3-19,29H,1-2H3,(H,34,36). The largest absolute Gasteiger partial charge is 0.497 e. The number of allylic oxidation sites excluding steroid dienone is 1. The highest BCUT2D eigenvalue weighted by Gasteiger charge is 2.32. The number of fused-ring (bicyclic) bond motifs is 1. The first-order valence-electron chi connectivity index (χ1n) is 12.9. The van der Waals surface area contributed by atoms with Gasteiger partial charge in [0.2, 0.25) is 0 Å². The molecule has 0 radical (unpaired) electrons. The molecule has 0 bridgehead atoms. The molecule has 0 saturated carbocycles. The van der Waals surface area contributed by atoms with E-state index in [4.69, 9.17) is 14.1 Å². The Morgan fingerprint density at radius 1 is 1.00 bits per heavy atom. The maximum Gasteiger partial charge on any atom is 0.271 e. The summed E-state index contributed by atoms with van der Waals surface area (Å²) in [6, 6.07) is 29.6. The molecule has 6 rings (SSSR count). The first-order chi connectivity index (χ1) is 20.0. The number of carbonyl (C=O) groups is 1. The molecular formula is C32H25N3O4S2. The van der Waals surface area contributed by atoms with Crippen molar-refractivity contribution in [1.82, 2.24) is 4.57 Å². The van der Waals surface area contributed by atoms with Crippen LogP contribution < -0.4 is 24.9 Å². The number of furan rings is 1. The molecule has 0 fully saturated rings. The van der Waals surface area contributed by atoms with Gasteiger partial charge >= 0.3 is 0 Å². The molecule has 2 aromatic heterocycles. The zero-order chi connectivity index (χ0) is 28.3. The molecule has 1 atom stereocenters. The minimum absolute atomic E-state index is 0.249. The van der Waals surface area contributed by atoms with Crippen molar-refractivity contribution in [3.63, 3.8) is 0 Å². The van der Waals surface area contributed by atoms with E-state index in [9.17, 15) is 9.59 Å². The highest BCUT2D eigenvalue weighted by atomic mass is 32.2. The Bertz CT molecular complexity index is 1920. The third-order valence-corrected chi connectivity index (χ3v) is 8.48. The molecule has 1 amide bonds. The fourth-order valence-corrected chi connectivity index (χ4v) is 6.46. The van der Waals surface area contributed by atoms with Crippen LogP contribution >= 0.6 is 23.1 Å². The van der Waals surface area contributed by atoms with E-state index in [0.717, 1.165) is 15.6 Å². The van der Waals surface area contributed by atoms with Crippen molar-refractivity contribution in [1.29, 1.82) is 0 Å². The van der Waals surface area contributed by atoms with Crippen LogP contribution in [0.4, 0.5) is 5.69 Å². The Balaban J connectivity index is 1.42. The summed E-state index contributed by atoms with van der Waals surface area (Å²) in [6.07, 6.45) is 1.73.